The molecule has 0 aromatic rings. The zero-order valence-electron chi connectivity index (χ0n) is 7.92. The van der Waals surface area contributed by atoms with Crippen molar-refractivity contribution < 1.29 is 4.79 Å². The van der Waals surface area contributed by atoms with E-state index in [-0.39, 0.29) is 5.41 Å². The van der Waals surface area contributed by atoms with Gasteiger partial charge in [-0.05, 0) is 12.3 Å². The quantitative estimate of drug-likeness (QED) is 0.449. The predicted octanol–water partition coefficient (Wildman–Crippen LogP) is 2.81. The lowest BCUT2D eigenvalue weighted by Crippen LogP contribution is -2.21. The lowest BCUT2D eigenvalue weighted by molar-refractivity contribution is -0.116. The fourth-order valence-electron chi connectivity index (χ4n) is 0.696. The number of allylic oxidation sites excluding steroid dienone is 2. The fraction of sp³-hybridized carbons (Fsp3) is 0.700. The largest absolute Gasteiger partial charge is 0.303 e. The average Bonchev–Trinajstić information content (AvgIpc) is 2.00. The Kier molecular flexibility index (Phi) is 4.09. The molecule has 0 aromatic carbocycles. The number of carbonyl (C=O) groups excluding carboxylic acids is 1. The van der Waals surface area contributed by atoms with Gasteiger partial charge in [0.05, 0.1) is 0 Å². The lowest BCUT2D eigenvalue weighted by Gasteiger charge is -2.22. The topological polar surface area (TPSA) is 17.1 Å². The molecule has 0 rings (SSSR count). The molecule has 0 bridgehead atoms. The molecule has 0 aliphatic rings. The molecule has 0 radical (unpaired) electrons. The van der Waals surface area contributed by atoms with Gasteiger partial charge in [-0.2, -0.15) is 0 Å². The standard InChI is InChI=1S/C10H18O/c1-5-6-7-9(2)10(3,4)8-11/h6-9H,5H2,1-4H3. The second kappa shape index (κ2) is 4.32. The SMILES string of the molecule is CCC=CC(C)C(C)(C)C=O. The first-order valence-electron chi connectivity index (χ1n) is 4.17. The van der Waals surface area contributed by atoms with E-state index in [0.717, 1.165) is 12.7 Å². The zero-order valence-corrected chi connectivity index (χ0v) is 7.92. The van der Waals surface area contributed by atoms with Crippen LogP contribution >= 0.6 is 0 Å². The normalized spacial score (nSPS) is 15.3. The molecule has 1 atom stereocenters. The second-order valence-electron chi connectivity index (χ2n) is 3.56. The van der Waals surface area contributed by atoms with Crippen LogP contribution < -0.4 is 0 Å². The van der Waals surface area contributed by atoms with Gasteiger partial charge in [-0.25, -0.2) is 0 Å². The molecule has 0 spiro atoms. The number of hydrogen-bond donors (Lipinski definition) is 0. The number of rotatable bonds is 4. The van der Waals surface area contributed by atoms with Crippen LogP contribution in [0.4, 0.5) is 0 Å². The summed E-state index contributed by atoms with van der Waals surface area (Å²) in [6.45, 7) is 8.09. The molecule has 0 N–H and O–H groups in total. The Morgan fingerprint density at radius 2 is 2.00 bits per heavy atom. The maximum atomic E-state index is 10.6. The van der Waals surface area contributed by atoms with E-state index >= 15 is 0 Å². The van der Waals surface area contributed by atoms with Crippen LogP contribution in [0.3, 0.4) is 0 Å². The molecule has 1 heteroatoms. The summed E-state index contributed by atoms with van der Waals surface area (Å²) in [5.41, 5.74) is -0.217. The average molecular weight is 154 g/mol. The minimum absolute atomic E-state index is 0.217. The Balaban J connectivity index is 4.11. The highest BCUT2D eigenvalue weighted by molar-refractivity contribution is 5.58. The summed E-state index contributed by atoms with van der Waals surface area (Å²) in [7, 11) is 0. The van der Waals surface area contributed by atoms with Crippen LogP contribution in [0, 0.1) is 11.3 Å². The molecular formula is C10H18O. The summed E-state index contributed by atoms with van der Waals surface area (Å²) in [5, 5.41) is 0. The number of aldehydes is 1. The van der Waals surface area contributed by atoms with Gasteiger partial charge in [0.25, 0.3) is 0 Å². The van der Waals surface area contributed by atoms with Crippen LogP contribution in [0.25, 0.3) is 0 Å². The Labute approximate surface area is 69.5 Å². The molecule has 0 aliphatic carbocycles. The van der Waals surface area contributed by atoms with Crippen LogP contribution in [0.1, 0.15) is 34.1 Å². The molecule has 11 heavy (non-hydrogen) atoms. The molecular weight excluding hydrogens is 136 g/mol. The molecule has 0 aliphatic heterocycles. The first kappa shape index (κ1) is 10.4. The molecule has 1 unspecified atom stereocenters. The van der Waals surface area contributed by atoms with Crippen LogP contribution in [-0.4, -0.2) is 6.29 Å². The van der Waals surface area contributed by atoms with Crippen molar-refractivity contribution in [1.82, 2.24) is 0 Å². The van der Waals surface area contributed by atoms with Gasteiger partial charge in [-0.3, -0.25) is 0 Å². The van der Waals surface area contributed by atoms with E-state index in [0.29, 0.717) is 5.92 Å². The Morgan fingerprint density at radius 1 is 1.45 bits per heavy atom. The van der Waals surface area contributed by atoms with E-state index in [9.17, 15) is 4.79 Å². The third-order valence-corrected chi connectivity index (χ3v) is 2.14. The van der Waals surface area contributed by atoms with Crippen molar-refractivity contribution in [1.29, 1.82) is 0 Å². The molecule has 0 amide bonds. The third kappa shape index (κ3) is 3.35. The smallest absolute Gasteiger partial charge is 0.126 e. The van der Waals surface area contributed by atoms with E-state index in [4.69, 9.17) is 0 Å². The highest BCUT2D eigenvalue weighted by Gasteiger charge is 2.22. The van der Waals surface area contributed by atoms with Gasteiger partial charge in [-0.15, -0.1) is 0 Å². The van der Waals surface area contributed by atoms with Gasteiger partial charge < -0.3 is 4.79 Å². The van der Waals surface area contributed by atoms with E-state index < -0.39 is 0 Å². The Bertz CT molecular complexity index is 145. The van der Waals surface area contributed by atoms with Gasteiger partial charge in [0.2, 0.25) is 0 Å². The molecule has 1 nitrogen and oxygen atoms in total. The summed E-state index contributed by atoms with van der Waals surface area (Å²) < 4.78 is 0. The van der Waals surface area contributed by atoms with Crippen molar-refractivity contribution in [3.8, 4) is 0 Å². The van der Waals surface area contributed by atoms with Gasteiger partial charge in [0, 0.05) is 5.41 Å². The maximum absolute atomic E-state index is 10.6. The molecule has 64 valence electrons. The van der Waals surface area contributed by atoms with Crippen molar-refractivity contribution in [2.24, 2.45) is 11.3 Å². The number of carbonyl (C=O) groups is 1. The van der Waals surface area contributed by atoms with Crippen molar-refractivity contribution in [3.05, 3.63) is 12.2 Å². The Hall–Kier alpha value is -0.590. The minimum Gasteiger partial charge on any atom is -0.303 e. The third-order valence-electron chi connectivity index (χ3n) is 2.14. The Morgan fingerprint density at radius 3 is 2.36 bits per heavy atom. The molecule has 0 aromatic heterocycles. The maximum Gasteiger partial charge on any atom is 0.126 e. The van der Waals surface area contributed by atoms with Crippen molar-refractivity contribution in [3.63, 3.8) is 0 Å². The highest BCUT2D eigenvalue weighted by Crippen LogP contribution is 2.24. The van der Waals surface area contributed by atoms with Gasteiger partial charge in [-0.1, -0.05) is 39.8 Å². The summed E-state index contributed by atoms with van der Waals surface area (Å²) in [6, 6.07) is 0. The zero-order chi connectivity index (χ0) is 8.91. The van der Waals surface area contributed by atoms with Crippen LogP contribution in [0.5, 0.6) is 0 Å². The first-order chi connectivity index (χ1) is 5.04. The van der Waals surface area contributed by atoms with E-state index in [1.807, 2.05) is 13.8 Å². The van der Waals surface area contributed by atoms with Crippen molar-refractivity contribution in [2.45, 2.75) is 34.1 Å². The van der Waals surface area contributed by atoms with Crippen molar-refractivity contribution in [2.75, 3.05) is 0 Å². The van der Waals surface area contributed by atoms with Crippen LogP contribution in [-0.2, 0) is 4.79 Å². The molecule has 0 saturated carbocycles. The van der Waals surface area contributed by atoms with E-state index in [1.54, 1.807) is 0 Å². The summed E-state index contributed by atoms with van der Waals surface area (Å²) in [4.78, 5) is 10.6. The highest BCUT2D eigenvalue weighted by atomic mass is 16.1. The fourth-order valence-corrected chi connectivity index (χ4v) is 0.696. The summed E-state index contributed by atoms with van der Waals surface area (Å²) in [6.07, 6.45) is 6.28. The van der Waals surface area contributed by atoms with Gasteiger partial charge in [0.15, 0.2) is 0 Å². The van der Waals surface area contributed by atoms with Gasteiger partial charge in [0.1, 0.15) is 6.29 Å². The molecule has 0 fully saturated rings. The van der Waals surface area contributed by atoms with Gasteiger partial charge >= 0.3 is 0 Å². The van der Waals surface area contributed by atoms with E-state index in [2.05, 4.69) is 26.0 Å². The van der Waals surface area contributed by atoms with E-state index in [1.165, 1.54) is 0 Å². The van der Waals surface area contributed by atoms with Crippen LogP contribution in [0.2, 0.25) is 0 Å². The molecule has 0 heterocycles. The minimum atomic E-state index is -0.217. The molecule has 0 saturated heterocycles. The second-order valence-corrected chi connectivity index (χ2v) is 3.56. The van der Waals surface area contributed by atoms with Crippen molar-refractivity contribution >= 4 is 6.29 Å². The summed E-state index contributed by atoms with van der Waals surface area (Å²) in [5.74, 6) is 0.333. The van der Waals surface area contributed by atoms with Crippen LogP contribution in [0.15, 0.2) is 12.2 Å². The predicted molar refractivity (Wildman–Crippen MR) is 48.4 cm³/mol. The number of hydrogen-bond acceptors (Lipinski definition) is 1. The lowest BCUT2D eigenvalue weighted by atomic mass is 9.81. The summed E-state index contributed by atoms with van der Waals surface area (Å²) >= 11 is 0. The first-order valence-corrected chi connectivity index (χ1v) is 4.17. The monoisotopic (exact) mass is 154 g/mol.